The fraction of sp³-hybridized carbons (Fsp3) is 0.300. The highest BCUT2D eigenvalue weighted by atomic mass is 19.3. The number of rotatable bonds is 2. The Hall–Kier alpha value is -1.65. The lowest BCUT2D eigenvalue weighted by Gasteiger charge is -2.06. The molecule has 0 aromatic heterocycles. The molecule has 1 aromatic carbocycles. The number of nitrogens with two attached hydrogens (primary N) is 2. The van der Waals surface area contributed by atoms with Crippen molar-refractivity contribution in [2.75, 3.05) is 5.73 Å². The van der Waals surface area contributed by atoms with E-state index in [2.05, 4.69) is 0 Å². The summed E-state index contributed by atoms with van der Waals surface area (Å²) in [6.07, 6.45) is -0.225. The Balaban J connectivity index is 2.44. The van der Waals surface area contributed by atoms with Crippen LogP contribution in [-0.4, -0.2) is 11.8 Å². The molecule has 1 unspecified atom stereocenters. The zero-order valence-corrected chi connectivity index (χ0v) is 7.84. The molecule has 1 aliphatic rings. The van der Waals surface area contributed by atoms with E-state index in [9.17, 15) is 13.6 Å². The van der Waals surface area contributed by atoms with Crippen molar-refractivity contribution in [2.24, 2.45) is 5.73 Å². The highest BCUT2D eigenvalue weighted by molar-refractivity contribution is 5.95. The van der Waals surface area contributed by atoms with E-state index in [0.717, 1.165) is 0 Å². The van der Waals surface area contributed by atoms with Gasteiger partial charge in [0.15, 0.2) is 0 Å². The number of anilines is 1. The number of nitrogen functional groups attached to an aromatic ring is 1. The van der Waals surface area contributed by atoms with Crippen LogP contribution in [0.3, 0.4) is 0 Å². The lowest BCUT2D eigenvalue weighted by Crippen LogP contribution is -2.14. The molecule has 0 saturated heterocycles. The Kier molecular flexibility index (Phi) is 1.92. The first-order valence-electron chi connectivity index (χ1n) is 4.49. The van der Waals surface area contributed by atoms with Gasteiger partial charge in [0.05, 0.1) is 5.92 Å². The first-order valence-corrected chi connectivity index (χ1v) is 4.49. The van der Waals surface area contributed by atoms with Gasteiger partial charge in [-0.2, -0.15) is 0 Å². The van der Waals surface area contributed by atoms with Crippen molar-refractivity contribution in [3.8, 4) is 0 Å². The molecule has 1 amide bonds. The minimum absolute atomic E-state index is 0.0946. The number of amides is 1. The van der Waals surface area contributed by atoms with Crippen molar-refractivity contribution in [1.82, 2.24) is 0 Å². The van der Waals surface area contributed by atoms with E-state index in [1.165, 1.54) is 18.2 Å². The summed E-state index contributed by atoms with van der Waals surface area (Å²) in [6.45, 7) is 0. The summed E-state index contributed by atoms with van der Waals surface area (Å²) in [4.78, 5) is 11.0. The van der Waals surface area contributed by atoms with Crippen LogP contribution in [0, 0.1) is 0 Å². The Morgan fingerprint density at radius 2 is 2.07 bits per heavy atom. The molecule has 1 aromatic rings. The molecule has 1 fully saturated rings. The molecule has 3 nitrogen and oxygen atoms in total. The second-order valence-corrected chi connectivity index (χ2v) is 3.73. The minimum atomic E-state index is -2.71. The standard InChI is InChI=1S/C10H10F2N2O/c11-10(12)4-8(10)6-2-1-5(13)3-7(6)9(14)15/h1-3,8H,4,13H2,(H2,14,15). The minimum Gasteiger partial charge on any atom is -0.399 e. The largest absolute Gasteiger partial charge is 0.399 e. The van der Waals surface area contributed by atoms with Gasteiger partial charge in [0.1, 0.15) is 0 Å². The van der Waals surface area contributed by atoms with Gasteiger partial charge in [-0.15, -0.1) is 0 Å². The molecular weight excluding hydrogens is 202 g/mol. The second kappa shape index (κ2) is 2.92. The number of carbonyl (C=O) groups excluding carboxylic acids is 1. The molecule has 1 aliphatic carbocycles. The van der Waals surface area contributed by atoms with E-state index in [-0.39, 0.29) is 12.0 Å². The summed E-state index contributed by atoms with van der Waals surface area (Å²) in [7, 11) is 0. The zero-order chi connectivity index (χ0) is 11.2. The molecular formula is C10H10F2N2O. The average Bonchev–Trinajstić information content (AvgIpc) is 2.74. The van der Waals surface area contributed by atoms with Gasteiger partial charge in [-0.25, -0.2) is 8.78 Å². The van der Waals surface area contributed by atoms with Gasteiger partial charge in [-0.05, 0) is 17.7 Å². The summed E-state index contributed by atoms with van der Waals surface area (Å²) in [5.41, 5.74) is 11.3. The van der Waals surface area contributed by atoms with Crippen molar-refractivity contribution in [3.63, 3.8) is 0 Å². The van der Waals surface area contributed by atoms with Gasteiger partial charge in [-0.3, -0.25) is 4.79 Å². The molecule has 2 rings (SSSR count). The molecule has 4 N–H and O–H groups in total. The highest BCUT2D eigenvalue weighted by Gasteiger charge is 2.58. The van der Waals surface area contributed by atoms with E-state index in [0.29, 0.717) is 11.3 Å². The SMILES string of the molecule is NC(=O)c1cc(N)ccc1C1CC1(F)F. The topological polar surface area (TPSA) is 69.1 Å². The zero-order valence-electron chi connectivity index (χ0n) is 7.84. The third-order valence-electron chi connectivity index (χ3n) is 2.54. The lowest BCUT2D eigenvalue weighted by atomic mass is 10.0. The molecule has 0 bridgehead atoms. The maximum Gasteiger partial charge on any atom is 0.255 e. The summed E-state index contributed by atoms with van der Waals surface area (Å²) >= 11 is 0. The predicted octanol–water partition coefficient (Wildman–Crippen LogP) is 1.49. The van der Waals surface area contributed by atoms with Crippen LogP contribution in [0.15, 0.2) is 18.2 Å². The monoisotopic (exact) mass is 212 g/mol. The molecule has 0 aliphatic heterocycles. The molecule has 15 heavy (non-hydrogen) atoms. The molecule has 1 atom stereocenters. The van der Waals surface area contributed by atoms with Crippen molar-refractivity contribution in [3.05, 3.63) is 29.3 Å². The molecule has 80 valence electrons. The van der Waals surface area contributed by atoms with Gasteiger partial charge in [-0.1, -0.05) is 6.07 Å². The summed E-state index contributed by atoms with van der Waals surface area (Å²) < 4.78 is 25.7. The van der Waals surface area contributed by atoms with Gasteiger partial charge in [0, 0.05) is 17.7 Å². The highest BCUT2D eigenvalue weighted by Crippen LogP contribution is 2.56. The number of hydrogen-bond donors (Lipinski definition) is 2. The van der Waals surface area contributed by atoms with Gasteiger partial charge < -0.3 is 11.5 Å². The number of primary amides is 1. The summed E-state index contributed by atoms with van der Waals surface area (Å²) in [5.74, 6) is -4.32. The average molecular weight is 212 g/mol. The summed E-state index contributed by atoms with van der Waals surface area (Å²) in [5, 5.41) is 0. The fourth-order valence-electron chi connectivity index (χ4n) is 1.64. The van der Waals surface area contributed by atoms with Crippen molar-refractivity contribution in [1.29, 1.82) is 0 Å². The molecule has 1 saturated carbocycles. The van der Waals surface area contributed by atoms with Crippen molar-refractivity contribution in [2.45, 2.75) is 18.3 Å². The maximum atomic E-state index is 12.8. The third kappa shape index (κ3) is 1.65. The van der Waals surface area contributed by atoms with E-state index >= 15 is 0 Å². The molecule has 0 radical (unpaired) electrons. The van der Waals surface area contributed by atoms with Gasteiger partial charge >= 0.3 is 0 Å². The van der Waals surface area contributed by atoms with Crippen LogP contribution in [-0.2, 0) is 0 Å². The normalized spacial score (nSPS) is 22.4. The van der Waals surface area contributed by atoms with Crippen LogP contribution in [0.25, 0.3) is 0 Å². The van der Waals surface area contributed by atoms with E-state index in [1.54, 1.807) is 0 Å². The Bertz CT molecular complexity index is 431. The quantitative estimate of drug-likeness (QED) is 0.729. The van der Waals surface area contributed by atoms with E-state index in [1.807, 2.05) is 0 Å². The van der Waals surface area contributed by atoms with Crippen LogP contribution in [0.1, 0.15) is 28.3 Å². The first kappa shape index (κ1) is 9.89. The first-order chi connectivity index (χ1) is 6.92. The predicted molar refractivity (Wildman–Crippen MR) is 51.7 cm³/mol. The second-order valence-electron chi connectivity index (χ2n) is 3.73. The van der Waals surface area contributed by atoms with Crippen molar-refractivity contribution < 1.29 is 13.6 Å². The Morgan fingerprint density at radius 3 is 2.53 bits per heavy atom. The fourth-order valence-corrected chi connectivity index (χ4v) is 1.64. The molecule has 0 heterocycles. The number of halogens is 2. The maximum absolute atomic E-state index is 12.8. The van der Waals surface area contributed by atoms with E-state index < -0.39 is 17.7 Å². The number of benzene rings is 1. The van der Waals surface area contributed by atoms with Crippen LogP contribution in [0.5, 0.6) is 0 Å². The smallest absolute Gasteiger partial charge is 0.255 e. The van der Waals surface area contributed by atoms with Crippen LogP contribution < -0.4 is 11.5 Å². The lowest BCUT2D eigenvalue weighted by molar-refractivity contribution is 0.0996. The number of alkyl halides is 2. The molecule has 0 spiro atoms. The van der Waals surface area contributed by atoms with Gasteiger partial charge in [0.25, 0.3) is 5.92 Å². The Morgan fingerprint density at radius 1 is 1.47 bits per heavy atom. The Labute approximate surface area is 85.1 Å². The van der Waals surface area contributed by atoms with E-state index in [4.69, 9.17) is 11.5 Å². The number of carbonyl (C=O) groups is 1. The van der Waals surface area contributed by atoms with Crippen molar-refractivity contribution >= 4 is 11.6 Å². The summed E-state index contributed by atoms with van der Waals surface area (Å²) in [6, 6.07) is 4.28. The number of hydrogen-bond acceptors (Lipinski definition) is 2. The van der Waals surface area contributed by atoms with Crippen LogP contribution in [0.4, 0.5) is 14.5 Å². The van der Waals surface area contributed by atoms with Crippen LogP contribution in [0.2, 0.25) is 0 Å². The molecule has 5 heteroatoms. The third-order valence-corrected chi connectivity index (χ3v) is 2.54. The van der Waals surface area contributed by atoms with Gasteiger partial charge in [0.2, 0.25) is 5.91 Å². The van der Waals surface area contributed by atoms with Crippen LogP contribution >= 0.6 is 0 Å².